The number of hydrogen-bond donors (Lipinski definition) is 2. The Morgan fingerprint density at radius 3 is 2.77 bits per heavy atom. The SMILES string of the molecule is C[C@@H](NC(=O)CCc1ccsc1)c1cccc(S(N)(=O)=O)c1. The first kappa shape index (κ1) is 16.7. The first-order valence-corrected chi connectivity index (χ1v) is 9.28. The summed E-state index contributed by atoms with van der Waals surface area (Å²) in [5.74, 6) is -0.0697. The van der Waals surface area contributed by atoms with Gasteiger partial charge in [-0.1, -0.05) is 12.1 Å². The first-order chi connectivity index (χ1) is 10.4. The molecule has 0 bridgehead atoms. The molecule has 1 aromatic carbocycles. The molecule has 118 valence electrons. The molecule has 0 fully saturated rings. The summed E-state index contributed by atoms with van der Waals surface area (Å²) >= 11 is 1.61. The Hall–Kier alpha value is -1.70. The molecule has 0 aliphatic rings. The van der Waals surface area contributed by atoms with Gasteiger partial charge < -0.3 is 5.32 Å². The van der Waals surface area contributed by atoms with E-state index in [0.29, 0.717) is 18.4 Å². The van der Waals surface area contributed by atoms with Crippen LogP contribution in [0.5, 0.6) is 0 Å². The van der Waals surface area contributed by atoms with Crippen LogP contribution in [0.3, 0.4) is 0 Å². The number of aryl methyl sites for hydroxylation is 1. The molecule has 0 radical (unpaired) electrons. The summed E-state index contributed by atoms with van der Waals surface area (Å²) < 4.78 is 22.7. The summed E-state index contributed by atoms with van der Waals surface area (Å²) in [6.45, 7) is 1.81. The molecule has 0 saturated heterocycles. The summed E-state index contributed by atoms with van der Waals surface area (Å²) in [7, 11) is -3.74. The average molecular weight is 338 g/mol. The average Bonchev–Trinajstić information content (AvgIpc) is 2.97. The second-order valence-corrected chi connectivity index (χ2v) is 7.38. The van der Waals surface area contributed by atoms with Crippen molar-refractivity contribution in [2.24, 2.45) is 5.14 Å². The summed E-state index contributed by atoms with van der Waals surface area (Å²) in [5, 5.41) is 12.0. The maximum absolute atomic E-state index is 12.0. The van der Waals surface area contributed by atoms with E-state index in [0.717, 1.165) is 5.56 Å². The molecule has 0 spiro atoms. The van der Waals surface area contributed by atoms with Crippen LogP contribution in [0.25, 0.3) is 0 Å². The number of sulfonamides is 1. The molecule has 3 N–H and O–H groups in total. The number of primary sulfonamides is 1. The standard InChI is InChI=1S/C15H18N2O3S2/c1-11(13-3-2-4-14(9-13)22(16,19)20)17-15(18)6-5-12-7-8-21-10-12/h2-4,7-11H,5-6H2,1H3,(H,17,18)(H2,16,19,20)/t11-/m1/s1. The van der Waals surface area contributed by atoms with Gasteiger partial charge in [-0.05, 0) is 53.4 Å². The van der Waals surface area contributed by atoms with Crippen LogP contribution < -0.4 is 10.5 Å². The molecule has 1 heterocycles. The summed E-state index contributed by atoms with van der Waals surface area (Å²) in [6, 6.07) is 8.01. The van der Waals surface area contributed by atoms with Crippen molar-refractivity contribution in [1.29, 1.82) is 0 Å². The largest absolute Gasteiger partial charge is 0.350 e. The minimum atomic E-state index is -3.74. The van der Waals surface area contributed by atoms with Crippen LogP contribution in [0.4, 0.5) is 0 Å². The van der Waals surface area contributed by atoms with Crippen molar-refractivity contribution in [1.82, 2.24) is 5.32 Å². The first-order valence-electron chi connectivity index (χ1n) is 6.79. The molecule has 2 aromatic rings. The Balaban J connectivity index is 1.96. The molecule has 5 nitrogen and oxygen atoms in total. The van der Waals surface area contributed by atoms with Crippen molar-refractivity contribution < 1.29 is 13.2 Å². The highest BCUT2D eigenvalue weighted by molar-refractivity contribution is 7.89. The highest BCUT2D eigenvalue weighted by Gasteiger charge is 2.13. The third-order valence-corrected chi connectivity index (χ3v) is 4.93. The van der Waals surface area contributed by atoms with Crippen LogP contribution in [0.15, 0.2) is 46.0 Å². The van der Waals surface area contributed by atoms with Gasteiger partial charge in [-0.2, -0.15) is 11.3 Å². The van der Waals surface area contributed by atoms with Gasteiger partial charge in [-0.3, -0.25) is 4.79 Å². The van der Waals surface area contributed by atoms with E-state index in [1.807, 2.05) is 23.8 Å². The van der Waals surface area contributed by atoms with E-state index in [2.05, 4.69) is 5.32 Å². The molecule has 1 aromatic heterocycles. The molecule has 7 heteroatoms. The van der Waals surface area contributed by atoms with E-state index in [1.165, 1.54) is 12.1 Å². The number of carbonyl (C=O) groups excluding carboxylic acids is 1. The number of nitrogens with one attached hydrogen (secondary N) is 1. The maximum atomic E-state index is 12.0. The van der Waals surface area contributed by atoms with Crippen LogP contribution in [0.1, 0.15) is 30.5 Å². The van der Waals surface area contributed by atoms with E-state index in [9.17, 15) is 13.2 Å². The third-order valence-electron chi connectivity index (χ3n) is 3.28. The smallest absolute Gasteiger partial charge is 0.238 e. The zero-order valence-electron chi connectivity index (χ0n) is 12.2. The van der Waals surface area contributed by atoms with Gasteiger partial charge in [0, 0.05) is 6.42 Å². The zero-order valence-corrected chi connectivity index (χ0v) is 13.8. The Kier molecular flexibility index (Phi) is 5.33. The van der Waals surface area contributed by atoms with Gasteiger partial charge in [0.15, 0.2) is 0 Å². The van der Waals surface area contributed by atoms with Gasteiger partial charge in [0.25, 0.3) is 0 Å². The molecule has 0 unspecified atom stereocenters. The van der Waals surface area contributed by atoms with Crippen molar-refractivity contribution in [3.8, 4) is 0 Å². The van der Waals surface area contributed by atoms with Crippen molar-refractivity contribution in [3.63, 3.8) is 0 Å². The molecule has 0 aliphatic heterocycles. The Bertz CT molecular complexity index is 740. The normalized spacial score (nSPS) is 12.8. The fourth-order valence-electron chi connectivity index (χ4n) is 2.05. The fraction of sp³-hybridized carbons (Fsp3) is 0.267. The fourth-order valence-corrected chi connectivity index (χ4v) is 3.32. The molecule has 0 saturated carbocycles. The van der Waals surface area contributed by atoms with E-state index in [4.69, 9.17) is 5.14 Å². The van der Waals surface area contributed by atoms with E-state index in [1.54, 1.807) is 23.5 Å². The maximum Gasteiger partial charge on any atom is 0.238 e. The summed E-state index contributed by atoms with van der Waals surface area (Å²) in [6.07, 6.45) is 1.09. The highest BCUT2D eigenvalue weighted by Crippen LogP contribution is 2.17. The Labute approximate surface area is 134 Å². The van der Waals surface area contributed by atoms with Gasteiger partial charge in [0.1, 0.15) is 0 Å². The predicted molar refractivity (Wildman–Crippen MR) is 87.0 cm³/mol. The molecular formula is C15H18N2O3S2. The van der Waals surface area contributed by atoms with Crippen LogP contribution in [0, 0.1) is 0 Å². The van der Waals surface area contributed by atoms with Crippen molar-refractivity contribution in [3.05, 3.63) is 52.2 Å². The number of rotatable bonds is 6. The lowest BCUT2D eigenvalue weighted by molar-refractivity contribution is -0.121. The molecular weight excluding hydrogens is 320 g/mol. The number of benzene rings is 1. The van der Waals surface area contributed by atoms with Crippen LogP contribution in [0.2, 0.25) is 0 Å². The van der Waals surface area contributed by atoms with E-state index < -0.39 is 10.0 Å². The quantitative estimate of drug-likeness (QED) is 0.846. The third kappa shape index (κ3) is 4.66. The lowest BCUT2D eigenvalue weighted by Gasteiger charge is -2.15. The lowest BCUT2D eigenvalue weighted by atomic mass is 10.1. The number of amides is 1. The van der Waals surface area contributed by atoms with Gasteiger partial charge in [0.2, 0.25) is 15.9 Å². The summed E-state index contributed by atoms with van der Waals surface area (Å²) in [4.78, 5) is 12.0. The van der Waals surface area contributed by atoms with Gasteiger partial charge in [0.05, 0.1) is 10.9 Å². The topological polar surface area (TPSA) is 89.3 Å². The predicted octanol–water partition coefficient (Wildman–Crippen LogP) is 2.21. The zero-order chi connectivity index (χ0) is 16.2. The monoisotopic (exact) mass is 338 g/mol. The second-order valence-electron chi connectivity index (χ2n) is 5.04. The van der Waals surface area contributed by atoms with Crippen LogP contribution >= 0.6 is 11.3 Å². The number of carbonyl (C=O) groups is 1. The molecule has 22 heavy (non-hydrogen) atoms. The molecule has 1 amide bonds. The Morgan fingerprint density at radius 2 is 2.14 bits per heavy atom. The minimum Gasteiger partial charge on any atom is -0.350 e. The van der Waals surface area contributed by atoms with Gasteiger partial charge >= 0.3 is 0 Å². The van der Waals surface area contributed by atoms with E-state index >= 15 is 0 Å². The highest BCUT2D eigenvalue weighted by atomic mass is 32.2. The molecule has 0 aliphatic carbocycles. The molecule has 2 rings (SSSR count). The second kappa shape index (κ2) is 7.04. The van der Waals surface area contributed by atoms with Gasteiger partial charge in [-0.25, -0.2) is 13.6 Å². The number of hydrogen-bond acceptors (Lipinski definition) is 4. The van der Waals surface area contributed by atoms with E-state index in [-0.39, 0.29) is 16.8 Å². The van der Waals surface area contributed by atoms with Gasteiger partial charge in [-0.15, -0.1) is 0 Å². The number of thiophene rings is 1. The van der Waals surface area contributed by atoms with Crippen LogP contribution in [-0.4, -0.2) is 14.3 Å². The Morgan fingerprint density at radius 1 is 1.36 bits per heavy atom. The molecule has 1 atom stereocenters. The van der Waals surface area contributed by atoms with Crippen LogP contribution in [-0.2, 0) is 21.2 Å². The summed E-state index contributed by atoms with van der Waals surface area (Å²) in [5.41, 5.74) is 1.85. The van der Waals surface area contributed by atoms with Crippen molar-refractivity contribution in [2.75, 3.05) is 0 Å². The minimum absolute atomic E-state index is 0.0457. The lowest BCUT2D eigenvalue weighted by Crippen LogP contribution is -2.27. The van der Waals surface area contributed by atoms with Crippen molar-refractivity contribution in [2.45, 2.75) is 30.7 Å². The number of nitrogens with two attached hydrogens (primary N) is 1. The van der Waals surface area contributed by atoms with Crippen molar-refractivity contribution >= 4 is 27.3 Å².